The Bertz CT molecular complexity index is 242. The maximum absolute atomic E-state index is 11.5. The Morgan fingerprint density at radius 1 is 1.50 bits per heavy atom. The lowest BCUT2D eigenvalue weighted by Crippen LogP contribution is -2.55. The van der Waals surface area contributed by atoms with Crippen molar-refractivity contribution in [3.05, 3.63) is 0 Å². The number of rotatable bonds is 2. The molecule has 1 N–H and O–H groups in total. The Morgan fingerprint density at radius 3 is 2.64 bits per heavy atom. The molecule has 0 aliphatic carbocycles. The smallest absolute Gasteiger partial charge is 0.323 e. The zero-order chi connectivity index (χ0) is 10.7. The SMILES string of the molecule is COC(=O)C1CS(=O)CC(C(C)C)N1. The highest BCUT2D eigenvalue weighted by molar-refractivity contribution is 7.85. The largest absolute Gasteiger partial charge is 0.468 e. The van der Waals surface area contributed by atoms with Crippen LogP contribution in [-0.4, -0.2) is 40.9 Å². The van der Waals surface area contributed by atoms with Crippen LogP contribution in [0.5, 0.6) is 0 Å². The fourth-order valence-corrected chi connectivity index (χ4v) is 3.09. The van der Waals surface area contributed by atoms with Gasteiger partial charge in [0.2, 0.25) is 0 Å². The molecule has 1 saturated heterocycles. The van der Waals surface area contributed by atoms with Gasteiger partial charge in [-0.1, -0.05) is 13.8 Å². The molecular formula is C9H17NO3S. The van der Waals surface area contributed by atoms with Crippen molar-refractivity contribution in [2.75, 3.05) is 18.6 Å². The fourth-order valence-electron chi connectivity index (χ4n) is 1.47. The van der Waals surface area contributed by atoms with Gasteiger partial charge in [-0.25, -0.2) is 0 Å². The molecule has 4 nitrogen and oxygen atoms in total. The highest BCUT2D eigenvalue weighted by Crippen LogP contribution is 2.11. The molecule has 1 aliphatic rings. The molecule has 82 valence electrons. The Balaban J connectivity index is 2.63. The molecule has 1 fully saturated rings. The van der Waals surface area contributed by atoms with E-state index in [0.717, 1.165) is 0 Å². The molecule has 14 heavy (non-hydrogen) atoms. The minimum atomic E-state index is -0.906. The molecule has 5 heteroatoms. The summed E-state index contributed by atoms with van der Waals surface area (Å²) in [5.74, 6) is 1.07. The van der Waals surface area contributed by atoms with Crippen molar-refractivity contribution in [2.24, 2.45) is 5.92 Å². The zero-order valence-corrected chi connectivity index (χ0v) is 9.60. The van der Waals surface area contributed by atoms with Gasteiger partial charge in [0, 0.05) is 28.3 Å². The monoisotopic (exact) mass is 219 g/mol. The van der Waals surface area contributed by atoms with E-state index in [2.05, 4.69) is 23.9 Å². The summed E-state index contributed by atoms with van der Waals surface area (Å²) in [4.78, 5) is 11.3. The number of carbonyl (C=O) groups excluding carboxylic acids is 1. The molecule has 0 spiro atoms. The maximum atomic E-state index is 11.5. The number of nitrogens with one attached hydrogen (secondary N) is 1. The first-order valence-corrected chi connectivity index (χ1v) is 6.22. The van der Waals surface area contributed by atoms with Crippen molar-refractivity contribution in [3.8, 4) is 0 Å². The molecule has 3 unspecified atom stereocenters. The van der Waals surface area contributed by atoms with Crippen LogP contribution in [0.15, 0.2) is 0 Å². The van der Waals surface area contributed by atoms with Crippen molar-refractivity contribution in [1.29, 1.82) is 0 Å². The summed E-state index contributed by atoms with van der Waals surface area (Å²) in [6.45, 7) is 4.10. The average Bonchev–Trinajstić information content (AvgIpc) is 2.15. The number of hydrogen-bond donors (Lipinski definition) is 1. The lowest BCUT2D eigenvalue weighted by Gasteiger charge is -2.31. The van der Waals surface area contributed by atoms with E-state index < -0.39 is 16.8 Å². The zero-order valence-electron chi connectivity index (χ0n) is 8.78. The van der Waals surface area contributed by atoms with Gasteiger partial charge in [-0.15, -0.1) is 0 Å². The summed E-state index contributed by atoms with van der Waals surface area (Å²) in [6, 6.07) is -0.254. The van der Waals surface area contributed by atoms with Crippen LogP contribution in [0.25, 0.3) is 0 Å². The van der Waals surface area contributed by atoms with Gasteiger partial charge in [0.15, 0.2) is 0 Å². The molecular weight excluding hydrogens is 202 g/mol. The second-order valence-electron chi connectivity index (χ2n) is 3.87. The van der Waals surface area contributed by atoms with Gasteiger partial charge in [-0.05, 0) is 5.92 Å². The third kappa shape index (κ3) is 2.78. The number of esters is 1. The van der Waals surface area contributed by atoms with Crippen molar-refractivity contribution in [2.45, 2.75) is 25.9 Å². The molecule has 0 saturated carbocycles. The second kappa shape index (κ2) is 4.89. The first-order valence-electron chi connectivity index (χ1n) is 4.73. The van der Waals surface area contributed by atoms with Crippen LogP contribution < -0.4 is 5.32 Å². The highest BCUT2D eigenvalue weighted by Gasteiger charge is 2.32. The summed E-state index contributed by atoms with van der Waals surface area (Å²) in [6.07, 6.45) is 0. The van der Waals surface area contributed by atoms with Gasteiger partial charge in [0.25, 0.3) is 0 Å². The summed E-state index contributed by atoms with van der Waals surface area (Å²) < 4.78 is 16.1. The minimum absolute atomic E-state index is 0.147. The van der Waals surface area contributed by atoms with Gasteiger partial charge >= 0.3 is 5.97 Å². The van der Waals surface area contributed by atoms with Gasteiger partial charge in [0.1, 0.15) is 6.04 Å². The van der Waals surface area contributed by atoms with Crippen LogP contribution in [0.4, 0.5) is 0 Å². The lowest BCUT2D eigenvalue weighted by atomic mass is 10.1. The molecule has 0 aromatic heterocycles. The lowest BCUT2D eigenvalue weighted by molar-refractivity contribution is -0.142. The van der Waals surface area contributed by atoms with Crippen LogP contribution in [0.2, 0.25) is 0 Å². The quantitative estimate of drug-likeness (QED) is 0.659. The predicted octanol–water partition coefficient (Wildman–Crippen LogP) is -0.0955. The number of carbonyl (C=O) groups is 1. The number of hydrogen-bond acceptors (Lipinski definition) is 4. The van der Waals surface area contributed by atoms with Crippen molar-refractivity contribution in [1.82, 2.24) is 5.32 Å². The van der Waals surface area contributed by atoms with Crippen LogP contribution in [0.3, 0.4) is 0 Å². The van der Waals surface area contributed by atoms with Crippen LogP contribution in [0, 0.1) is 5.92 Å². The molecule has 0 radical (unpaired) electrons. The van der Waals surface area contributed by atoms with Gasteiger partial charge in [-0.3, -0.25) is 14.3 Å². The maximum Gasteiger partial charge on any atom is 0.323 e. The summed E-state index contributed by atoms with van der Waals surface area (Å²) in [5.41, 5.74) is 0. The third-order valence-corrected chi connectivity index (χ3v) is 3.86. The second-order valence-corrected chi connectivity index (χ2v) is 5.41. The topological polar surface area (TPSA) is 55.4 Å². The third-order valence-electron chi connectivity index (χ3n) is 2.42. The first-order chi connectivity index (χ1) is 6.54. The average molecular weight is 219 g/mol. The van der Waals surface area contributed by atoms with E-state index in [4.69, 9.17) is 0 Å². The normalized spacial score (nSPS) is 33.0. The van der Waals surface area contributed by atoms with E-state index in [1.165, 1.54) is 7.11 Å². The van der Waals surface area contributed by atoms with E-state index in [-0.39, 0.29) is 12.0 Å². The van der Waals surface area contributed by atoms with Crippen LogP contribution in [0.1, 0.15) is 13.8 Å². The van der Waals surface area contributed by atoms with Gasteiger partial charge < -0.3 is 4.74 Å². The number of ether oxygens (including phenoxy) is 1. The van der Waals surface area contributed by atoms with Crippen molar-refractivity contribution < 1.29 is 13.7 Å². The molecule has 0 bridgehead atoms. The fraction of sp³-hybridized carbons (Fsp3) is 0.889. The van der Waals surface area contributed by atoms with E-state index in [0.29, 0.717) is 17.4 Å². The molecule has 1 rings (SSSR count). The molecule has 0 amide bonds. The predicted molar refractivity (Wildman–Crippen MR) is 55.4 cm³/mol. The molecule has 1 aliphatic heterocycles. The Hall–Kier alpha value is -0.420. The summed E-state index contributed by atoms with van der Waals surface area (Å²) >= 11 is 0. The molecule has 0 aromatic carbocycles. The van der Waals surface area contributed by atoms with Gasteiger partial charge in [-0.2, -0.15) is 0 Å². The Labute approximate surface area is 86.9 Å². The number of methoxy groups -OCH3 is 1. The summed E-state index contributed by atoms with van der Waals surface area (Å²) in [7, 11) is 0.447. The van der Waals surface area contributed by atoms with Crippen LogP contribution in [-0.2, 0) is 20.3 Å². The van der Waals surface area contributed by atoms with E-state index in [1.807, 2.05) is 0 Å². The summed E-state index contributed by atoms with van der Waals surface area (Å²) in [5, 5.41) is 3.17. The first kappa shape index (κ1) is 11.7. The van der Waals surface area contributed by atoms with Crippen LogP contribution >= 0.6 is 0 Å². The highest BCUT2D eigenvalue weighted by atomic mass is 32.2. The Morgan fingerprint density at radius 2 is 2.14 bits per heavy atom. The van der Waals surface area contributed by atoms with E-state index >= 15 is 0 Å². The molecule has 1 heterocycles. The standard InChI is InChI=1S/C9H17NO3S/c1-6(2)7-4-14(12)5-8(10-7)9(11)13-3/h6-8,10H,4-5H2,1-3H3. The van der Waals surface area contributed by atoms with Crippen molar-refractivity contribution >= 4 is 16.8 Å². The van der Waals surface area contributed by atoms with Crippen molar-refractivity contribution in [3.63, 3.8) is 0 Å². The van der Waals surface area contributed by atoms with E-state index in [9.17, 15) is 9.00 Å². The van der Waals surface area contributed by atoms with E-state index in [1.54, 1.807) is 0 Å². The minimum Gasteiger partial charge on any atom is -0.468 e. The van der Waals surface area contributed by atoms with Gasteiger partial charge in [0.05, 0.1) is 7.11 Å². The Kier molecular flexibility index (Phi) is 4.07. The molecule has 3 atom stereocenters. The molecule has 0 aromatic rings.